The van der Waals surface area contributed by atoms with E-state index in [1.54, 1.807) is 11.1 Å². The van der Waals surface area contributed by atoms with Crippen LogP contribution in [0.1, 0.15) is 73.3 Å². The lowest BCUT2D eigenvalue weighted by atomic mass is 9.81. The summed E-state index contributed by atoms with van der Waals surface area (Å²) in [4.78, 5) is 12.7. The first-order chi connectivity index (χ1) is 20.8. The summed E-state index contributed by atoms with van der Waals surface area (Å²) < 4.78 is 47.2. The maximum Gasteiger partial charge on any atom is 0.251 e. The van der Waals surface area contributed by atoms with E-state index in [0.717, 1.165) is 62.3 Å². The first-order valence-corrected chi connectivity index (χ1v) is 15.2. The van der Waals surface area contributed by atoms with Gasteiger partial charge in [0.25, 0.3) is 5.91 Å². The highest BCUT2D eigenvalue weighted by Crippen LogP contribution is 2.39. The number of hydrazine groups is 2. The zero-order valence-corrected chi connectivity index (χ0v) is 24.0. The number of halogens is 3. The highest BCUT2D eigenvalue weighted by atomic mass is 19.2. The third-order valence-electron chi connectivity index (χ3n) is 9.06. The van der Waals surface area contributed by atoms with E-state index in [0.29, 0.717) is 0 Å². The van der Waals surface area contributed by atoms with E-state index in [-0.39, 0.29) is 35.9 Å². The molecule has 1 saturated carbocycles. The summed E-state index contributed by atoms with van der Waals surface area (Å²) in [6, 6.07) is 7.52. The molecule has 2 unspecified atom stereocenters. The topological polar surface area (TPSA) is 126 Å². The maximum absolute atomic E-state index is 14.3. The Balaban J connectivity index is 1.40. The van der Waals surface area contributed by atoms with Gasteiger partial charge in [-0.1, -0.05) is 50.7 Å². The van der Waals surface area contributed by atoms with Crippen molar-refractivity contribution >= 4 is 5.91 Å². The van der Waals surface area contributed by atoms with Crippen LogP contribution in [0.15, 0.2) is 42.5 Å². The van der Waals surface area contributed by atoms with E-state index in [4.69, 9.17) is 4.74 Å². The van der Waals surface area contributed by atoms with Crippen LogP contribution in [-0.4, -0.2) is 75.9 Å². The van der Waals surface area contributed by atoms with Crippen LogP contribution >= 0.6 is 0 Å². The van der Waals surface area contributed by atoms with Gasteiger partial charge in [-0.25, -0.2) is 23.6 Å². The number of nitrogens with one attached hydrogen (secondary N) is 3. The number of aliphatic hydroxyl groups is 3. The van der Waals surface area contributed by atoms with Gasteiger partial charge in [-0.15, -0.1) is 0 Å². The number of aliphatic hydroxyl groups excluding tert-OH is 3. The maximum atomic E-state index is 14.3. The molecule has 2 aliphatic heterocycles. The standard InChI is InChI=1S/C31H41F3N4O5/c32-21-11-7-10-19(14-21)26-27(18-8-5-3-1-2-4-6-9-18)38(37-36-26)28-29(40)24(43-25(17-39)30(28)41)16-35-31(42)20-12-13-22(33)23(34)15-20/h7,10-15,18,24-30,36-37,39-41H,1-6,8-9,16-17H2,(H,35,42)/t24-,25+,26?,27?,28+,29-,30-/m0/s1. The van der Waals surface area contributed by atoms with Crippen molar-refractivity contribution in [1.82, 2.24) is 21.3 Å². The van der Waals surface area contributed by atoms with Crippen molar-refractivity contribution < 1.29 is 38.0 Å². The highest BCUT2D eigenvalue weighted by molar-refractivity contribution is 5.94. The van der Waals surface area contributed by atoms with Gasteiger partial charge in [0, 0.05) is 18.2 Å². The van der Waals surface area contributed by atoms with Crippen molar-refractivity contribution in [2.45, 2.75) is 93.9 Å². The molecule has 2 aromatic carbocycles. The molecule has 0 radical (unpaired) electrons. The molecule has 6 N–H and O–H groups in total. The summed E-state index contributed by atoms with van der Waals surface area (Å²) in [6.07, 6.45) is 3.73. The van der Waals surface area contributed by atoms with E-state index < -0.39 is 54.6 Å². The molecule has 1 amide bonds. The smallest absolute Gasteiger partial charge is 0.251 e. The number of carbonyl (C=O) groups is 1. The largest absolute Gasteiger partial charge is 0.394 e. The second-order valence-electron chi connectivity index (χ2n) is 11.9. The average Bonchev–Trinajstić information content (AvgIpc) is 3.47. The van der Waals surface area contributed by atoms with E-state index in [2.05, 4.69) is 16.3 Å². The molecule has 9 nitrogen and oxygen atoms in total. The van der Waals surface area contributed by atoms with Gasteiger partial charge in [0.05, 0.1) is 18.7 Å². The lowest BCUT2D eigenvalue weighted by Crippen LogP contribution is -2.69. The Labute approximate surface area is 249 Å². The summed E-state index contributed by atoms with van der Waals surface area (Å²) in [6.45, 7) is -0.762. The first kappa shape index (κ1) is 31.8. The minimum absolute atomic E-state index is 0.108. The molecule has 2 aromatic rings. The van der Waals surface area contributed by atoms with Crippen molar-refractivity contribution in [3.8, 4) is 0 Å². The Morgan fingerprint density at radius 3 is 2.28 bits per heavy atom. The monoisotopic (exact) mass is 606 g/mol. The van der Waals surface area contributed by atoms with Crippen LogP contribution in [0.5, 0.6) is 0 Å². The molecule has 1 aliphatic carbocycles. The molecule has 5 rings (SSSR count). The van der Waals surface area contributed by atoms with Crippen LogP contribution in [0.4, 0.5) is 13.2 Å². The van der Waals surface area contributed by atoms with Gasteiger partial charge < -0.3 is 25.4 Å². The second-order valence-corrected chi connectivity index (χ2v) is 11.9. The Hall–Kier alpha value is -2.58. The van der Waals surface area contributed by atoms with Gasteiger partial charge in [-0.3, -0.25) is 4.79 Å². The summed E-state index contributed by atoms with van der Waals surface area (Å²) in [7, 11) is 0. The predicted molar refractivity (Wildman–Crippen MR) is 152 cm³/mol. The van der Waals surface area contributed by atoms with Crippen LogP contribution in [0.25, 0.3) is 0 Å². The van der Waals surface area contributed by atoms with Crippen LogP contribution in [0, 0.1) is 23.4 Å². The number of carbonyl (C=O) groups excluding carboxylic acids is 1. The van der Waals surface area contributed by atoms with Gasteiger partial charge in [0.15, 0.2) is 11.6 Å². The molecule has 3 aliphatic rings. The van der Waals surface area contributed by atoms with Crippen molar-refractivity contribution in [2.75, 3.05) is 13.2 Å². The summed E-state index contributed by atoms with van der Waals surface area (Å²) in [5.74, 6) is -3.16. The van der Waals surface area contributed by atoms with Gasteiger partial charge in [-0.2, -0.15) is 5.53 Å². The minimum atomic E-state index is -1.33. The third-order valence-corrected chi connectivity index (χ3v) is 9.06. The highest BCUT2D eigenvalue weighted by Gasteiger charge is 2.53. The molecule has 43 heavy (non-hydrogen) atoms. The average molecular weight is 607 g/mol. The van der Waals surface area contributed by atoms with Crippen LogP contribution < -0.4 is 16.3 Å². The Morgan fingerprint density at radius 1 is 0.907 bits per heavy atom. The van der Waals surface area contributed by atoms with Crippen LogP contribution in [-0.2, 0) is 4.74 Å². The van der Waals surface area contributed by atoms with Gasteiger partial charge in [0.2, 0.25) is 0 Å². The lowest BCUT2D eigenvalue weighted by molar-refractivity contribution is -0.221. The molecule has 12 heteroatoms. The molecule has 236 valence electrons. The first-order valence-electron chi connectivity index (χ1n) is 15.2. The van der Waals surface area contributed by atoms with Crippen LogP contribution in [0.3, 0.4) is 0 Å². The van der Waals surface area contributed by atoms with E-state index in [9.17, 15) is 33.3 Å². The predicted octanol–water partition coefficient (Wildman–Crippen LogP) is 2.87. The number of ether oxygens (including phenoxy) is 1. The van der Waals surface area contributed by atoms with Crippen LogP contribution in [0.2, 0.25) is 0 Å². The van der Waals surface area contributed by atoms with Gasteiger partial charge >= 0.3 is 0 Å². The summed E-state index contributed by atoms with van der Waals surface area (Å²) >= 11 is 0. The number of nitrogens with zero attached hydrogens (tertiary/aromatic N) is 1. The summed E-state index contributed by atoms with van der Waals surface area (Å²) in [5.41, 5.74) is 7.04. The Bertz CT molecular complexity index is 1230. The molecule has 2 saturated heterocycles. The number of benzene rings is 2. The molecule has 0 bridgehead atoms. The Morgan fingerprint density at radius 2 is 1.60 bits per heavy atom. The molecule has 2 heterocycles. The fraction of sp³-hybridized carbons (Fsp3) is 0.581. The second kappa shape index (κ2) is 14.5. The number of rotatable bonds is 7. The molecule has 3 fully saturated rings. The molecular formula is C31H41F3N4O5. The van der Waals surface area contributed by atoms with Gasteiger partial charge in [-0.05, 0) is 54.7 Å². The zero-order chi connectivity index (χ0) is 30.5. The minimum Gasteiger partial charge on any atom is -0.394 e. The fourth-order valence-electron chi connectivity index (χ4n) is 6.83. The zero-order valence-electron chi connectivity index (χ0n) is 24.0. The van der Waals surface area contributed by atoms with Crippen molar-refractivity contribution in [1.29, 1.82) is 0 Å². The number of hydrogen-bond acceptors (Lipinski definition) is 8. The van der Waals surface area contributed by atoms with Crippen molar-refractivity contribution in [2.24, 2.45) is 5.92 Å². The molecule has 0 spiro atoms. The van der Waals surface area contributed by atoms with E-state index in [1.807, 2.05) is 6.07 Å². The molecule has 7 atom stereocenters. The molecule has 0 aromatic heterocycles. The third kappa shape index (κ3) is 7.22. The quantitative estimate of drug-likeness (QED) is 0.284. The van der Waals surface area contributed by atoms with E-state index >= 15 is 0 Å². The normalized spacial score (nSPS) is 31.3. The molecular weight excluding hydrogens is 565 g/mol. The fourth-order valence-corrected chi connectivity index (χ4v) is 6.83. The Kier molecular flexibility index (Phi) is 10.7. The van der Waals surface area contributed by atoms with Crippen molar-refractivity contribution in [3.63, 3.8) is 0 Å². The SMILES string of the molecule is O=C(NC[C@@H]1O[C@H](CO)[C@H](O)[C@H](N2NNC(c3cccc(F)c3)C2C2CCCCCCCC2)[C@H]1O)c1ccc(F)c(F)c1. The lowest BCUT2D eigenvalue weighted by Gasteiger charge is -2.48. The number of hydrogen-bond donors (Lipinski definition) is 6. The van der Waals surface area contributed by atoms with Gasteiger partial charge in [0.1, 0.15) is 30.2 Å². The summed E-state index contributed by atoms with van der Waals surface area (Å²) in [5, 5.41) is 37.4. The van der Waals surface area contributed by atoms with Crippen molar-refractivity contribution in [3.05, 3.63) is 71.0 Å². The number of amides is 1. The van der Waals surface area contributed by atoms with E-state index in [1.165, 1.54) is 25.0 Å².